The number of amides is 1. The Kier molecular flexibility index (Phi) is 12.8. The van der Waals surface area contributed by atoms with Crippen LogP contribution in [0, 0.1) is 5.92 Å². The highest BCUT2D eigenvalue weighted by Crippen LogP contribution is 2.14. The number of guanidine groups is 1. The van der Waals surface area contributed by atoms with E-state index < -0.39 is 0 Å². The number of carbonyl (C=O) groups is 1. The highest BCUT2D eigenvalue weighted by atomic mass is 127. The Morgan fingerprint density at radius 3 is 2.41 bits per heavy atom. The third kappa shape index (κ3) is 9.89. The quantitative estimate of drug-likeness (QED) is 0.262. The van der Waals surface area contributed by atoms with E-state index in [1.807, 2.05) is 43.3 Å². The molecule has 0 spiro atoms. The van der Waals surface area contributed by atoms with E-state index in [1.165, 1.54) is 0 Å². The zero-order valence-corrected chi connectivity index (χ0v) is 22.2. The standard InChI is InChI=1S/C25H36N4O2.HI/c1-6-26-25(28-17-21-10-12-23(13-11-21)31-18-19(2)3)27-15-14-20-8-7-9-22(16-20)24(30)29(4)5;/h7-13,16,19H,6,14-15,17-18H2,1-5H3,(H2,26,27,28);1H. The molecule has 6 nitrogen and oxygen atoms in total. The van der Waals surface area contributed by atoms with Crippen LogP contribution in [0.25, 0.3) is 0 Å². The van der Waals surface area contributed by atoms with Gasteiger partial charge in [-0.25, -0.2) is 4.99 Å². The van der Waals surface area contributed by atoms with Gasteiger partial charge in [0.1, 0.15) is 5.75 Å². The number of nitrogens with one attached hydrogen (secondary N) is 2. The number of hydrogen-bond donors (Lipinski definition) is 2. The Morgan fingerprint density at radius 2 is 1.78 bits per heavy atom. The summed E-state index contributed by atoms with van der Waals surface area (Å²) in [6, 6.07) is 15.9. The maximum absolute atomic E-state index is 12.1. The molecule has 2 aromatic rings. The minimum Gasteiger partial charge on any atom is -0.493 e. The van der Waals surface area contributed by atoms with Crippen molar-refractivity contribution in [2.24, 2.45) is 10.9 Å². The Bertz CT molecular complexity index is 851. The van der Waals surface area contributed by atoms with Crippen LogP contribution in [0.15, 0.2) is 53.5 Å². The number of hydrogen-bond acceptors (Lipinski definition) is 3. The lowest BCUT2D eigenvalue weighted by molar-refractivity contribution is 0.0827. The number of nitrogens with zero attached hydrogens (tertiary/aromatic N) is 2. The van der Waals surface area contributed by atoms with Gasteiger partial charge in [-0.15, -0.1) is 24.0 Å². The predicted molar refractivity (Wildman–Crippen MR) is 143 cm³/mol. The van der Waals surface area contributed by atoms with Gasteiger partial charge in [0.05, 0.1) is 13.2 Å². The molecular formula is C25H37IN4O2. The van der Waals surface area contributed by atoms with Gasteiger partial charge in [0, 0.05) is 32.7 Å². The van der Waals surface area contributed by atoms with Gasteiger partial charge in [-0.05, 0) is 54.7 Å². The van der Waals surface area contributed by atoms with Crippen molar-refractivity contribution in [1.82, 2.24) is 15.5 Å². The molecule has 0 unspecified atom stereocenters. The van der Waals surface area contributed by atoms with E-state index in [1.54, 1.807) is 19.0 Å². The Labute approximate surface area is 209 Å². The van der Waals surface area contributed by atoms with Crippen LogP contribution in [0.1, 0.15) is 42.3 Å². The summed E-state index contributed by atoms with van der Waals surface area (Å²) in [5.41, 5.74) is 2.96. The number of ether oxygens (including phenoxy) is 1. The maximum Gasteiger partial charge on any atom is 0.253 e. The highest BCUT2D eigenvalue weighted by Gasteiger charge is 2.08. The van der Waals surface area contributed by atoms with Crippen LogP contribution in [-0.2, 0) is 13.0 Å². The lowest BCUT2D eigenvalue weighted by Gasteiger charge is -2.13. The molecule has 176 valence electrons. The number of carbonyl (C=O) groups excluding carboxylic acids is 1. The van der Waals surface area contributed by atoms with E-state index in [2.05, 4.69) is 41.6 Å². The molecule has 2 N–H and O–H groups in total. The number of halogens is 1. The summed E-state index contributed by atoms with van der Waals surface area (Å²) in [6.07, 6.45) is 0.806. The molecule has 2 rings (SSSR count). The summed E-state index contributed by atoms with van der Waals surface area (Å²) in [7, 11) is 3.53. The molecule has 2 aromatic carbocycles. The second kappa shape index (κ2) is 14.7. The fourth-order valence-corrected chi connectivity index (χ4v) is 2.91. The van der Waals surface area contributed by atoms with Crippen LogP contribution in [0.5, 0.6) is 5.75 Å². The molecule has 0 atom stereocenters. The van der Waals surface area contributed by atoms with Crippen molar-refractivity contribution in [2.45, 2.75) is 33.7 Å². The second-order valence-electron chi connectivity index (χ2n) is 8.12. The number of rotatable bonds is 10. The Balaban J connectivity index is 0.00000512. The molecule has 32 heavy (non-hydrogen) atoms. The first kappa shape index (κ1) is 27.7. The minimum absolute atomic E-state index is 0. The largest absolute Gasteiger partial charge is 0.493 e. The molecular weight excluding hydrogens is 515 g/mol. The van der Waals surface area contributed by atoms with Gasteiger partial charge < -0.3 is 20.3 Å². The van der Waals surface area contributed by atoms with Crippen LogP contribution in [0.3, 0.4) is 0 Å². The van der Waals surface area contributed by atoms with E-state index in [4.69, 9.17) is 4.74 Å². The molecule has 0 aliphatic carbocycles. The number of benzene rings is 2. The zero-order chi connectivity index (χ0) is 22.6. The molecule has 0 aliphatic rings. The number of aliphatic imine (C=N–C) groups is 1. The van der Waals surface area contributed by atoms with E-state index in [0.29, 0.717) is 18.0 Å². The molecule has 1 amide bonds. The normalized spacial score (nSPS) is 11.0. The van der Waals surface area contributed by atoms with E-state index in [9.17, 15) is 4.79 Å². The lowest BCUT2D eigenvalue weighted by atomic mass is 10.1. The summed E-state index contributed by atoms with van der Waals surface area (Å²) >= 11 is 0. The van der Waals surface area contributed by atoms with E-state index in [0.717, 1.165) is 49.0 Å². The van der Waals surface area contributed by atoms with Gasteiger partial charge in [0.25, 0.3) is 5.91 Å². The molecule has 0 saturated heterocycles. The molecule has 7 heteroatoms. The molecule has 0 saturated carbocycles. The van der Waals surface area contributed by atoms with Crippen molar-refractivity contribution >= 4 is 35.8 Å². The third-order valence-corrected chi connectivity index (χ3v) is 4.56. The first-order chi connectivity index (χ1) is 14.9. The van der Waals surface area contributed by atoms with Crippen molar-refractivity contribution in [3.05, 3.63) is 65.2 Å². The van der Waals surface area contributed by atoms with Gasteiger partial charge in [-0.2, -0.15) is 0 Å². The van der Waals surface area contributed by atoms with Crippen molar-refractivity contribution in [3.8, 4) is 5.75 Å². The monoisotopic (exact) mass is 552 g/mol. The molecule has 0 bridgehead atoms. The fourth-order valence-electron chi connectivity index (χ4n) is 2.91. The third-order valence-electron chi connectivity index (χ3n) is 4.56. The topological polar surface area (TPSA) is 66.0 Å². The van der Waals surface area contributed by atoms with Crippen LogP contribution in [0.2, 0.25) is 0 Å². The molecule has 0 radical (unpaired) electrons. The fraction of sp³-hybridized carbons (Fsp3) is 0.440. The predicted octanol–water partition coefficient (Wildman–Crippen LogP) is 4.34. The smallest absolute Gasteiger partial charge is 0.253 e. The van der Waals surface area contributed by atoms with Gasteiger partial charge in [-0.3, -0.25) is 4.79 Å². The van der Waals surface area contributed by atoms with Crippen LogP contribution < -0.4 is 15.4 Å². The van der Waals surface area contributed by atoms with Crippen molar-refractivity contribution in [1.29, 1.82) is 0 Å². The van der Waals surface area contributed by atoms with Crippen molar-refractivity contribution < 1.29 is 9.53 Å². The maximum atomic E-state index is 12.1. The van der Waals surface area contributed by atoms with Crippen LogP contribution in [-0.4, -0.2) is 50.6 Å². The average molecular weight is 553 g/mol. The lowest BCUT2D eigenvalue weighted by Crippen LogP contribution is -2.38. The summed E-state index contributed by atoms with van der Waals surface area (Å²) < 4.78 is 5.73. The van der Waals surface area contributed by atoms with Gasteiger partial charge in [-0.1, -0.05) is 38.1 Å². The summed E-state index contributed by atoms with van der Waals surface area (Å²) in [5.74, 6) is 2.20. The van der Waals surface area contributed by atoms with Gasteiger partial charge in [0.2, 0.25) is 0 Å². The summed E-state index contributed by atoms with van der Waals surface area (Å²) in [4.78, 5) is 18.4. The highest BCUT2D eigenvalue weighted by molar-refractivity contribution is 14.0. The van der Waals surface area contributed by atoms with Gasteiger partial charge in [0.15, 0.2) is 5.96 Å². The van der Waals surface area contributed by atoms with Crippen molar-refractivity contribution in [2.75, 3.05) is 33.8 Å². The molecule has 0 aromatic heterocycles. The van der Waals surface area contributed by atoms with Crippen LogP contribution >= 0.6 is 24.0 Å². The van der Waals surface area contributed by atoms with Crippen LogP contribution in [0.4, 0.5) is 0 Å². The zero-order valence-electron chi connectivity index (χ0n) is 19.9. The van der Waals surface area contributed by atoms with Crippen molar-refractivity contribution in [3.63, 3.8) is 0 Å². The first-order valence-corrected chi connectivity index (χ1v) is 10.9. The van der Waals surface area contributed by atoms with E-state index >= 15 is 0 Å². The summed E-state index contributed by atoms with van der Waals surface area (Å²) in [6.45, 7) is 9.16. The first-order valence-electron chi connectivity index (χ1n) is 10.9. The molecule has 0 aliphatic heterocycles. The Morgan fingerprint density at radius 1 is 1.06 bits per heavy atom. The summed E-state index contributed by atoms with van der Waals surface area (Å²) in [5, 5.41) is 6.66. The average Bonchev–Trinajstić information content (AvgIpc) is 2.76. The van der Waals surface area contributed by atoms with E-state index in [-0.39, 0.29) is 29.9 Å². The van der Waals surface area contributed by atoms with Gasteiger partial charge >= 0.3 is 0 Å². The molecule has 0 fully saturated rings. The SMILES string of the molecule is CCNC(=NCc1ccc(OCC(C)C)cc1)NCCc1cccc(C(=O)N(C)C)c1.I. The second-order valence-corrected chi connectivity index (χ2v) is 8.12. The molecule has 0 heterocycles. The minimum atomic E-state index is 0. The Hall–Kier alpha value is -2.29.